The van der Waals surface area contributed by atoms with E-state index in [2.05, 4.69) is 11.2 Å². The second-order valence-corrected chi connectivity index (χ2v) is 5.65. The van der Waals surface area contributed by atoms with Crippen LogP contribution in [0.4, 0.5) is 0 Å². The summed E-state index contributed by atoms with van der Waals surface area (Å²) in [5, 5.41) is 0. The molecular weight excluding hydrogens is 228 g/mol. The van der Waals surface area contributed by atoms with Crippen LogP contribution in [0.3, 0.4) is 0 Å². The lowest BCUT2D eigenvalue weighted by atomic mass is 9.80. The third-order valence-corrected chi connectivity index (χ3v) is 4.42. The van der Waals surface area contributed by atoms with Crippen molar-refractivity contribution >= 4 is 17.2 Å². The zero-order valence-corrected chi connectivity index (χ0v) is 10.9. The molecule has 0 bridgehead atoms. The molecule has 2 N–H and O–H groups in total. The van der Waals surface area contributed by atoms with E-state index in [0.29, 0.717) is 4.99 Å². The van der Waals surface area contributed by atoms with Gasteiger partial charge in [0.2, 0.25) is 0 Å². The van der Waals surface area contributed by atoms with Gasteiger partial charge >= 0.3 is 0 Å². The summed E-state index contributed by atoms with van der Waals surface area (Å²) in [5.74, 6) is 0.223. The lowest BCUT2D eigenvalue weighted by Gasteiger charge is -2.28. The molecule has 0 aliphatic heterocycles. The molecule has 1 aromatic heterocycles. The Morgan fingerprint density at radius 1 is 1.18 bits per heavy atom. The van der Waals surface area contributed by atoms with Crippen LogP contribution in [0.2, 0.25) is 0 Å². The van der Waals surface area contributed by atoms with Gasteiger partial charge in [0.25, 0.3) is 0 Å². The van der Waals surface area contributed by atoms with Gasteiger partial charge in [-0.3, -0.25) is 4.98 Å². The van der Waals surface area contributed by atoms with Crippen molar-refractivity contribution in [3.8, 4) is 0 Å². The fourth-order valence-corrected chi connectivity index (χ4v) is 3.50. The number of aryl methyl sites for hydroxylation is 1. The van der Waals surface area contributed by atoms with Crippen molar-refractivity contribution in [1.82, 2.24) is 4.98 Å². The minimum atomic E-state index is 0.223. The molecule has 0 fully saturated rings. The molecule has 0 amide bonds. The quantitative estimate of drug-likeness (QED) is 0.774. The fourth-order valence-electron chi connectivity index (χ4n) is 3.27. The second-order valence-electron chi connectivity index (χ2n) is 5.18. The molecule has 2 nitrogen and oxygen atoms in total. The number of hydrogen-bond acceptors (Lipinski definition) is 2. The van der Waals surface area contributed by atoms with Crippen LogP contribution in [-0.4, -0.2) is 9.97 Å². The summed E-state index contributed by atoms with van der Waals surface area (Å²) in [5.41, 5.74) is 11.6. The summed E-state index contributed by atoms with van der Waals surface area (Å²) < 4.78 is 0. The first-order valence-corrected chi connectivity index (χ1v) is 6.97. The maximum absolute atomic E-state index is 5.85. The van der Waals surface area contributed by atoms with Gasteiger partial charge in [0, 0.05) is 6.20 Å². The highest BCUT2D eigenvalue weighted by Crippen LogP contribution is 2.35. The average molecular weight is 246 g/mol. The maximum atomic E-state index is 5.85. The highest BCUT2D eigenvalue weighted by Gasteiger charge is 2.27. The lowest BCUT2D eigenvalue weighted by molar-refractivity contribution is 0.605. The van der Waals surface area contributed by atoms with Crippen LogP contribution in [0.1, 0.15) is 54.0 Å². The molecule has 0 aromatic carbocycles. The Bertz CT molecular complexity index is 468. The van der Waals surface area contributed by atoms with Crippen molar-refractivity contribution in [3.05, 3.63) is 28.6 Å². The lowest BCUT2D eigenvalue weighted by Crippen LogP contribution is -2.26. The van der Waals surface area contributed by atoms with Crippen LogP contribution in [-0.2, 0) is 19.3 Å². The SMILES string of the molecule is NC(=S)[C@@H]1CCCc2c1ncc1c2CCCC1. The Kier molecular flexibility index (Phi) is 2.87. The molecule has 1 atom stereocenters. The first-order valence-electron chi connectivity index (χ1n) is 6.56. The van der Waals surface area contributed by atoms with E-state index in [4.69, 9.17) is 18.0 Å². The highest BCUT2D eigenvalue weighted by molar-refractivity contribution is 7.80. The first kappa shape index (κ1) is 11.1. The minimum Gasteiger partial charge on any atom is -0.393 e. The van der Waals surface area contributed by atoms with E-state index >= 15 is 0 Å². The smallest absolute Gasteiger partial charge is 0.0819 e. The Morgan fingerprint density at radius 3 is 2.76 bits per heavy atom. The van der Waals surface area contributed by atoms with Gasteiger partial charge in [-0.25, -0.2) is 0 Å². The van der Waals surface area contributed by atoms with E-state index in [9.17, 15) is 0 Å². The summed E-state index contributed by atoms with van der Waals surface area (Å²) in [6.45, 7) is 0. The van der Waals surface area contributed by atoms with Crippen LogP contribution >= 0.6 is 12.2 Å². The Morgan fingerprint density at radius 2 is 1.94 bits per heavy atom. The molecule has 17 heavy (non-hydrogen) atoms. The largest absolute Gasteiger partial charge is 0.393 e. The van der Waals surface area contributed by atoms with Crippen molar-refractivity contribution in [2.45, 2.75) is 50.9 Å². The average Bonchev–Trinajstić information content (AvgIpc) is 2.37. The van der Waals surface area contributed by atoms with E-state index in [0.717, 1.165) is 6.42 Å². The summed E-state index contributed by atoms with van der Waals surface area (Å²) in [6.07, 6.45) is 10.6. The van der Waals surface area contributed by atoms with E-state index in [-0.39, 0.29) is 5.92 Å². The number of nitrogens with two attached hydrogens (primary N) is 1. The van der Waals surface area contributed by atoms with Crippen LogP contribution in [0.5, 0.6) is 0 Å². The van der Waals surface area contributed by atoms with Gasteiger partial charge in [-0.15, -0.1) is 0 Å². The zero-order valence-electron chi connectivity index (χ0n) is 10.0. The van der Waals surface area contributed by atoms with Crippen LogP contribution in [0.15, 0.2) is 6.20 Å². The standard InChI is InChI=1S/C14H18N2S/c15-14(17)12-7-3-6-11-10-5-2-1-4-9(10)8-16-13(11)12/h8,12H,1-7H2,(H2,15,17)/t12-/m1/s1. The van der Waals surface area contributed by atoms with Gasteiger partial charge in [0.1, 0.15) is 0 Å². The van der Waals surface area contributed by atoms with Crippen molar-refractivity contribution in [2.75, 3.05) is 0 Å². The Labute approximate surface area is 108 Å². The third kappa shape index (κ3) is 1.86. The van der Waals surface area contributed by atoms with Crippen molar-refractivity contribution in [2.24, 2.45) is 5.73 Å². The maximum Gasteiger partial charge on any atom is 0.0819 e. The molecule has 3 heteroatoms. The van der Waals surface area contributed by atoms with E-state index in [1.54, 1.807) is 5.56 Å². The molecule has 3 rings (SSSR count). The third-order valence-electron chi connectivity index (χ3n) is 4.14. The monoisotopic (exact) mass is 246 g/mol. The summed E-state index contributed by atoms with van der Waals surface area (Å²) in [7, 11) is 0. The molecule has 90 valence electrons. The molecule has 1 aromatic rings. The molecule has 0 radical (unpaired) electrons. The Balaban J connectivity index is 2.11. The highest BCUT2D eigenvalue weighted by atomic mass is 32.1. The molecule has 2 aliphatic carbocycles. The second kappa shape index (κ2) is 4.37. The zero-order chi connectivity index (χ0) is 11.8. The van der Waals surface area contributed by atoms with Gasteiger partial charge in [0.05, 0.1) is 16.6 Å². The van der Waals surface area contributed by atoms with Crippen molar-refractivity contribution < 1.29 is 0 Å². The van der Waals surface area contributed by atoms with Crippen molar-refractivity contribution in [1.29, 1.82) is 0 Å². The van der Waals surface area contributed by atoms with Gasteiger partial charge in [-0.05, 0) is 61.6 Å². The molecule has 0 saturated carbocycles. The predicted molar refractivity (Wildman–Crippen MR) is 73.3 cm³/mol. The normalized spacial score (nSPS) is 22.7. The molecular formula is C14H18N2S. The van der Waals surface area contributed by atoms with E-state index < -0.39 is 0 Å². The fraction of sp³-hybridized carbons (Fsp3) is 0.571. The summed E-state index contributed by atoms with van der Waals surface area (Å²) in [6, 6.07) is 0. The molecule has 0 spiro atoms. The number of thiocarbonyl (C=S) groups is 1. The number of fused-ring (bicyclic) bond motifs is 3. The Hall–Kier alpha value is -0.960. The number of aromatic nitrogens is 1. The van der Waals surface area contributed by atoms with E-state index in [1.165, 1.54) is 55.3 Å². The minimum absolute atomic E-state index is 0.223. The number of pyridine rings is 1. The van der Waals surface area contributed by atoms with Crippen molar-refractivity contribution in [3.63, 3.8) is 0 Å². The summed E-state index contributed by atoms with van der Waals surface area (Å²) in [4.78, 5) is 5.29. The van der Waals surface area contributed by atoms with Gasteiger partial charge < -0.3 is 5.73 Å². The predicted octanol–water partition coefficient (Wildman–Crippen LogP) is 2.67. The van der Waals surface area contributed by atoms with Gasteiger partial charge in [0.15, 0.2) is 0 Å². The molecule has 0 saturated heterocycles. The molecule has 1 heterocycles. The van der Waals surface area contributed by atoms with Crippen LogP contribution in [0, 0.1) is 0 Å². The molecule has 2 aliphatic rings. The van der Waals surface area contributed by atoms with Gasteiger partial charge in [-0.2, -0.15) is 0 Å². The van der Waals surface area contributed by atoms with Gasteiger partial charge in [-0.1, -0.05) is 12.2 Å². The van der Waals surface area contributed by atoms with E-state index in [1.807, 2.05) is 0 Å². The number of hydrogen-bond donors (Lipinski definition) is 1. The molecule has 0 unspecified atom stereocenters. The first-order chi connectivity index (χ1) is 8.27. The number of nitrogens with zero attached hydrogens (tertiary/aromatic N) is 1. The topological polar surface area (TPSA) is 38.9 Å². The van der Waals surface area contributed by atoms with Crippen LogP contribution < -0.4 is 5.73 Å². The number of rotatable bonds is 1. The van der Waals surface area contributed by atoms with Crippen LogP contribution in [0.25, 0.3) is 0 Å². The summed E-state index contributed by atoms with van der Waals surface area (Å²) >= 11 is 5.18.